The van der Waals surface area contributed by atoms with Crippen LogP contribution in [0.2, 0.25) is 5.02 Å². The smallest absolute Gasteiger partial charge is 0.277 e. The summed E-state index contributed by atoms with van der Waals surface area (Å²) in [7, 11) is 0. The minimum Gasteiger partial charge on any atom is -0.484 e. The molecule has 2 aromatic carbocycles. The van der Waals surface area contributed by atoms with Crippen LogP contribution in [0.4, 0.5) is 0 Å². The van der Waals surface area contributed by atoms with Crippen molar-refractivity contribution in [2.24, 2.45) is 0 Å². The second kappa shape index (κ2) is 9.43. The van der Waals surface area contributed by atoms with Crippen LogP contribution in [0, 0.1) is 0 Å². The first-order valence-corrected chi connectivity index (χ1v) is 11.3. The summed E-state index contributed by atoms with van der Waals surface area (Å²) >= 11 is 8.97. The maximum absolute atomic E-state index is 5.86. The van der Waals surface area contributed by atoms with Gasteiger partial charge in [0.05, 0.1) is 5.69 Å². The molecule has 4 aromatic rings. The van der Waals surface area contributed by atoms with Crippen molar-refractivity contribution in [3.8, 4) is 16.3 Å². The number of ether oxygens (including phenoxy) is 1. The molecule has 29 heavy (non-hydrogen) atoms. The molecule has 0 saturated carbocycles. The molecule has 0 N–H and O–H groups in total. The van der Waals surface area contributed by atoms with Crippen LogP contribution in [0.15, 0.2) is 63.6 Å². The standard InChI is InChI=1S/C21H18ClN3O2S2/c1-2-14-3-5-15(6-4-14)20-23-17(12-28-20)13-29-21-25-24-19(27-21)11-26-18-9-7-16(22)8-10-18/h3-10,12H,2,11,13H2,1H3. The van der Waals surface area contributed by atoms with E-state index in [1.807, 2.05) is 0 Å². The highest BCUT2D eigenvalue weighted by atomic mass is 35.5. The maximum atomic E-state index is 5.86. The molecule has 0 saturated heterocycles. The van der Waals surface area contributed by atoms with E-state index in [0.717, 1.165) is 22.7 Å². The molecule has 148 valence electrons. The topological polar surface area (TPSA) is 61.0 Å². The Morgan fingerprint density at radius 2 is 1.86 bits per heavy atom. The lowest BCUT2D eigenvalue weighted by Crippen LogP contribution is -1.95. The van der Waals surface area contributed by atoms with E-state index in [4.69, 9.17) is 25.7 Å². The van der Waals surface area contributed by atoms with E-state index in [0.29, 0.717) is 27.6 Å². The van der Waals surface area contributed by atoms with Gasteiger partial charge in [-0.15, -0.1) is 21.5 Å². The fourth-order valence-electron chi connectivity index (χ4n) is 2.56. The molecule has 0 aliphatic carbocycles. The van der Waals surface area contributed by atoms with Crippen LogP contribution in [0.5, 0.6) is 5.75 Å². The lowest BCUT2D eigenvalue weighted by Gasteiger charge is -2.02. The van der Waals surface area contributed by atoms with Gasteiger partial charge < -0.3 is 9.15 Å². The minimum atomic E-state index is 0.212. The molecule has 0 aliphatic heterocycles. The van der Waals surface area contributed by atoms with E-state index in [2.05, 4.69) is 46.8 Å². The molecule has 0 spiro atoms. The number of hydrogen-bond acceptors (Lipinski definition) is 7. The summed E-state index contributed by atoms with van der Waals surface area (Å²) in [6, 6.07) is 15.7. The Hall–Kier alpha value is -2.35. The largest absolute Gasteiger partial charge is 0.484 e. The number of aryl methyl sites for hydroxylation is 1. The average molecular weight is 444 g/mol. The molecule has 5 nitrogen and oxygen atoms in total. The number of nitrogens with zero attached hydrogens (tertiary/aromatic N) is 3. The van der Waals surface area contributed by atoms with Gasteiger partial charge in [0, 0.05) is 21.7 Å². The van der Waals surface area contributed by atoms with Crippen LogP contribution in [-0.2, 0) is 18.8 Å². The molecule has 0 atom stereocenters. The van der Waals surface area contributed by atoms with Crippen molar-refractivity contribution in [3.05, 3.63) is 76.1 Å². The van der Waals surface area contributed by atoms with Crippen LogP contribution in [0.3, 0.4) is 0 Å². The van der Waals surface area contributed by atoms with Gasteiger partial charge in [0.15, 0.2) is 6.61 Å². The number of halogens is 1. The maximum Gasteiger partial charge on any atom is 0.277 e. The van der Waals surface area contributed by atoms with Crippen molar-refractivity contribution in [1.82, 2.24) is 15.2 Å². The molecule has 2 heterocycles. The normalized spacial score (nSPS) is 11.0. The molecular weight excluding hydrogens is 426 g/mol. The predicted octanol–water partition coefficient (Wildman–Crippen LogP) is 6.28. The van der Waals surface area contributed by atoms with Crippen molar-refractivity contribution >= 4 is 34.7 Å². The van der Waals surface area contributed by atoms with Crippen LogP contribution < -0.4 is 4.74 Å². The summed E-state index contributed by atoms with van der Waals surface area (Å²) in [4.78, 5) is 4.71. The van der Waals surface area contributed by atoms with E-state index >= 15 is 0 Å². The molecule has 8 heteroatoms. The Bertz CT molecular complexity index is 1060. The molecular formula is C21H18ClN3O2S2. The van der Waals surface area contributed by atoms with Crippen molar-refractivity contribution in [2.75, 3.05) is 0 Å². The Labute approximate surface area is 182 Å². The first-order valence-electron chi connectivity index (χ1n) is 9.07. The monoisotopic (exact) mass is 443 g/mol. The Balaban J connectivity index is 1.30. The molecule has 0 aliphatic rings. The molecule has 0 unspecified atom stereocenters. The van der Waals surface area contributed by atoms with Gasteiger partial charge in [-0.1, -0.05) is 54.6 Å². The van der Waals surface area contributed by atoms with Gasteiger partial charge in [-0.3, -0.25) is 0 Å². The van der Waals surface area contributed by atoms with E-state index in [9.17, 15) is 0 Å². The number of rotatable bonds is 8. The minimum absolute atomic E-state index is 0.212. The number of hydrogen-bond donors (Lipinski definition) is 0. The molecule has 0 fully saturated rings. The van der Waals surface area contributed by atoms with E-state index in [-0.39, 0.29) is 6.61 Å². The first kappa shape index (κ1) is 19.9. The van der Waals surface area contributed by atoms with E-state index < -0.39 is 0 Å². The highest BCUT2D eigenvalue weighted by Gasteiger charge is 2.10. The van der Waals surface area contributed by atoms with Gasteiger partial charge in [-0.2, -0.15) is 0 Å². The fraction of sp³-hybridized carbons (Fsp3) is 0.190. The van der Waals surface area contributed by atoms with Gasteiger partial charge in [-0.25, -0.2) is 4.98 Å². The Morgan fingerprint density at radius 1 is 1.07 bits per heavy atom. The summed E-state index contributed by atoms with van der Waals surface area (Å²) in [5, 5.41) is 12.3. The third-order valence-corrected chi connectivity index (χ3v) is 6.17. The molecule has 0 amide bonds. The lowest BCUT2D eigenvalue weighted by molar-refractivity contribution is 0.252. The zero-order chi connectivity index (χ0) is 20.1. The van der Waals surface area contributed by atoms with Gasteiger partial charge in [-0.05, 0) is 36.2 Å². The van der Waals surface area contributed by atoms with Gasteiger partial charge in [0.25, 0.3) is 11.1 Å². The molecule has 0 bridgehead atoms. The Kier molecular flexibility index (Phi) is 6.49. The van der Waals surface area contributed by atoms with Crippen LogP contribution in [0.1, 0.15) is 24.1 Å². The second-order valence-electron chi connectivity index (χ2n) is 6.19. The summed E-state index contributed by atoms with van der Waals surface area (Å²) in [5.74, 6) is 1.80. The summed E-state index contributed by atoms with van der Waals surface area (Å²) in [6.07, 6.45) is 1.04. The van der Waals surface area contributed by atoms with Crippen LogP contribution in [0.25, 0.3) is 10.6 Å². The van der Waals surface area contributed by atoms with Gasteiger partial charge in [0.2, 0.25) is 0 Å². The summed E-state index contributed by atoms with van der Waals surface area (Å²) in [6.45, 7) is 2.37. The summed E-state index contributed by atoms with van der Waals surface area (Å²) < 4.78 is 11.3. The second-order valence-corrected chi connectivity index (χ2v) is 8.41. The first-order chi connectivity index (χ1) is 14.2. The number of thiazole rings is 1. The zero-order valence-corrected chi connectivity index (χ0v) is 18.1. The molecule has 0 radical (unpaired) electrons. The van der Waals surface area contributed by atoms with Gasteiger partial charge >= 0.3 is 0 Å². The highest BCUT2D eigenvalue weighted by molar-refractivity contribution is 7.98. The summed E-state index contributed by atoms with van der Waals surface area (Å²) in [5.41, 5.74) is 3.46. The quantitative estimate of drug-likeness (QED) is 0.298. The highest BCUT2D eigenvalue weighted by Crippen LogP contribution is 2.28. The third-order valence-electron chi connectivity index (χ3n) is 4.13. The Morgan fingerprint density at radius 3 is 2.62 bits per heavy atom. The lowest BCUT2D eigenvalue weighted by atomic mass is 10.1. The number of thioether (sulfide) groups is 1. The van der Waals surface area contributed by atoms with Crippen LogP contribution >= 0.6 is 34.7 Å². The number of aromatic nitrogens is 3. The third kappa shape index (κ3) is 5.38. The van der Waals surface area contributed by atoms with Gasteiger partial charge in [0.1, 0.15) is 10.8 Å². The van der Waals surface area contributed by atoms with Crippen molar-refractivity contribution < 1.29 is 9.15 Å². The zero-order valence-electron chi connectivity index (χ0n) is 15.7. The van der Waals surface area contributed by atoms with E-state index in [1.54, 1.807) is 35.6 Å². The van der Waals surface area contributed by atoms with Crippen LogP contribution in [-0.4, -0.2) is 15.2 Å². The SMILES string of the molecule is CCc1ccc(-c2nc(CSc3nnc(COc4ccc(Cl)cc4)o3)cs2)cc1. The van der Waals surface area contributed by atoms with Crippen molar-refractivity contribution in [1.29, 1.82) is 0 Å². The fourth-order valence-corrected chi connectivity index (χ4v) is 4.29. The van der Waals surface area contributed by atoms with E-state index in [1.165, 1.54) is 17.3 Å². The molecule has 2 aromatic heterocycles. The average Bonchev–Trinajstić information content (AvgIpc) is 3.41. The van der Waals surface area contributed by atoms with Crippen molar-refractivity contribution in [3.63, 3.8) is 0 Å². The molecule has 4 rings (SSSR count). The predicted molar refractivity (Wildman–Crippen MR) is 117 cm³/mol. The van der Waals surface area contributed by atoms with Crippen molar-refractivity contribution in [2.45, 2.75) is 30.9 Å². The number of benzene rings is 2.